The van der Waals surface area contributed by atoms with E-state index in [1.54, 1.807) is 17.0 Å². The number of carbonyl (C=O) groups excluding carboxylic acids is 2. The summed E-state index contributed by atoms with van der Waals surface area (Å²) in [5, 5.41) is 14.3. The third-order valence-corrected chi connectivity index (χ3v) is 4.53. The maximum Gasteiger partial charge on any atom is 0.335 e. The molecule has 0 spiro atoms. The Labute approximate surface area is 161 Å². The first-order chi connectivity index (χ1) is 13.4. The van der Waals surface area contributed by atoms with E-state index in [-0.39, 0.29) is 29.8 Å². The number of likely N-dealkylation sites (tertiary alicyclic amines) is 1. The Morgan fingerprint density at radius 2 is 1.75 bits per heavy atom. The van der Waals surface area contributed by atoms with Crippen molar-refractivity contribution in [2.75, 3.05) is 18.4 Å². The molecule has 8 heteroatoms. The Morgan fingerprint density at radius 1 is 1.07 bits per heavy atom. The van der Waals surface area contributed by atoms with Crippen LogP contribution in [0.15, 0.2) is 48.5 Å². The number of aromatic carboxylic acids is 1. The van der Waals surface area contributed by atoms with Crippen molar-refractivity contribution in [2.24, 2.45) is 0 Å². The Kier molecular flexibility index (Phi) is 5.88. The summed E-state index contributed by atoms with van der Waals surface area (Å²) in [5.41, 5.74) is 1.39. The predicted octanol–water partition coefficient (Wildman–Crippen LogP) is 2.49. The zero-order chi connectivity index (χ0) is 20.1. The summed E-state index contributed by atoms with van der Waals surface area (Å²) in [4.78, 5) is 37.0. The minimum atomic E-state index is -1.01. The number of hydrogen-bond acceptors (Lipinski definition) is 3. The van der Waals surface area contributed by atoms with Crippen LogP contribution < -0.4 is 10.6 Å². The lowest BCUT2D eigenvalue weighted by Crippen LogP contribution is -2.40. The maximum absolute atomic E-state index is 12.9. The van der Waals surface area contributed by atoms with Crippen molar-refractivity contribution < 1.29 is 23.9 Å². The van der Waals surface area contributed by atoms with Crippen molar-refractivity contribution in [3.8, 4) is 0 Å². The SMILES string of the molecule is O=C(Nc1ccc(F)cc1)NC1CCN(C(=O)Cc2ccc(C(=O)O)cc2)C1. The van der Waals surface area contributed by atoms with Crippen LogP contribution in [0.5, 0.6) is 0 Å². The summed E-state index contributed by atoms with van der Waals surface area (Å²) < 4.78 is 12.9. The molecule has 2 aromatic carbocycles. The van der Waals surface area contributed by atoms with E-state index in [9.17, 15) is 18.8 Å². The van der Waals surface area contributed by atoms with Crippen LogP contribution in [-0.4, -0.2) is 47.0 Å². The molecule has 1 aliphatic rings. The minimum Gasteiger partial charge on any atom is -0.478 e. The first-order valence-electron chi connectivity index (χ1n) is 8.84. The van der Waals surface area contributed by atoms with Crippen molar-refractivity contribution in [3.05, 3.63) is 65.5 Å². The van der Waals surface area contributed by atoms with E-state index in [4.69, 9.17) is 5.11 Å². The van der Waals surface area contributed by atoms with Gasteiger partial charge in [0.2, 0.25) is 5.91 Å². The fraction of sp³-hybridized carbons (Fsp3) is 0.250. The third-order valence-electron chi connectivity index (χ3n) is 4.53. The van der Waals surface area contributed by atoms with Gasteiger partial charge in [0.15, 0.2) is 0 Å². The quantitative estimate of drug-likeness (QED) is 0.736. The van der Waals surface area contributed by atoms with Crippen LogP contribution in [0.25, 0.3) is 0 Å². The summed E-state index contributed by atoms with van der Waals surface area (Å²) in [5.74, 6) is -1.47. The fourth-order valence-corrected chi connectivity index (χ4v) is 3.04. The van der Waals surface area contributed by atoms with E-state index < -0.39 is 12.0 Å². The van der Waals surface area contributed by atoms with Crippen molar-refractivity contribution in [3.63, 3.8) is 0 Å². The highest BCUT2D eigenvalue weighted by Gasteiger charge is 2.27. The Hall–Kier alpha value is -3.42. The highest BCUT2D eigenvalue weighted by molar-refractivity contribution is 5.89. The molecule has 0 aromatic heterocycles. The summed E-state index contributed by atoms with van der Waals surface area (Å²) >= 11 is 0. The second-order valence-electron chi connectivity index (χ2n) is 6.61. The largest absolute Gasteiger partial charge is 0.478 e. The monoisotopic (exact) mass is 385 g/mol. The van der Waals surface area contributed by atoms with E-state index in [1.165, 1.54) is 36.4 Å². The van der Waals surface area contributed by atoms with Crippen LogP contribution >= 0.6 is 0 Å². The minimum absolute atomic E-state index is 0.0775. The van der Waals surface area contributed by atoms with Crippen molar-refractivity contribution in [1.82, 2.24) is 10.2 Å². The number of rotatable bonds is 5. The zero-order valence-electron chi connectivity index (χ0n) is 15.0. The molecule has 1 atom stereocenters. The van der Waals surface area contributed by atoms with Gasteiger partial charge in [0.25, 0.3) is 0 Å². The molecule has 1 fully saturated rings. The lowest BCUT2D eigenvalue weighted by atomic mass is 10.1. The average molecular weight is 385 g/mol. The molecule has 7 nitrogen and oxygen atoms in total. The fourth-order valence-electron chi connectivity index (χ4n) is 3.04. The van der Waals surface area contributed by atoms with Gasteiger partial charge in [-0.3, -0.25) is 4.79 Å². The lowest BCUT2D eigenvalue weighted by Gasteiger charge is -2.17. The molecular formula is C20H20FN3O4. The van der Waals surface area contributed by atoms with Gasteiger partial charge in [-0.15, -0.1) is 0 Å². The topological polar surface area (TPSA) is 98.7 Å². The predicted molar refractivity (Wildman–Crippen MR) is 101 cm³/mol. The van der Waals surface area contributed by atoms with E-state index in [2.05, 4.69) is 10.6 Å². The Morgan fingerprint density at radius 3 is 2.39 bits per heavy atom. The molecule has 1 heterocycles. The lowest BCUT2D eigenvalue weighted by molar-refractivity contribution is -0.129. The van der Waals surface area contributed by atoms with E-state index in [1.807, 2.05) is 0 Å². The van der Waals surface area contributed by atoms with E-state index >= 15 is 0 Å². The summed E-state index contributed by atoms with van der Waals surface area (Å²) in [7, 11) is 0. The van der Waals surface area contributed by atoms with Crippen LogP contribution in [-0.2, 0) is 11.2 Å². The first-order valence-corrected chi connectivity index (χ1v) is 8.84. The number of urea groups is 1. The molecule has 0 aliphatic carbocycles. The van der Waals surface area contributed by atoms with Crippen LogP contribution in [0, 0.1) is 5.82 Å². The summed E-state index contributed by atoms with van der Waals surface area (Å²) in [6.07, 6.45) is 0.814. The number of carbonyl (C=O) groups is 3. The van der Waals surface area contributed by atoms with Crippen LogP contribution in [0.4, 0.5) is 14.9 Å². The van der Waals surface area contributed by atoms with Crippen LogP contribution in [0.2, 0.25) is 0 Å². The molecule has 1 aliphatic heterocycles. The van der Waals surface area contributed by atoms with Crippen molar-refractivity contribution in [2.45, 2.75) is 18.9 Å². The molecule has 3 N–H and O–H groups in total. The zero-order valence-corrected chi connectivity index (χ0v) is 15.0. The van der Waals surface area contributed by atoms with Crippen LogP contribution in [0.3, 0.4) is 0 Å². The molecular weight excluding hydrogens is 365 g/mol. The number of nitrogens with zero attached hydrogens (tertiary/aromatic N) is 1. The number of carboxylic acids is 1. The van der Waals surface area contributed by atoms with Gasteiger partial charge in [-0.1, -0.05) is 12.1 Å². The molecule has 146 valence electrons. The van der Waals surface area contributed by atoms with Gasteiger partial charge >= 0.3 is 12.0 Å². The normalized spacial score (nSPS) is 15.9. The number of benzene rings is 2. The van der Waals surface area contributed by atoms with Gasteiger partial charge in [0.1, 0.15) is 5.82 Å². The Bertz CT molecular complexity index is 868. The highest BCUT2D eigenvalue weighted by atomic mass is 19.1. The molecule has 3 amide bonds. The molecule has 0 bridgehead atoms. The molecule has 1 unspecified atom stereocenters. The smallest absolute Gasteiger partial charge is 0.335 e. The second kappa shape index (κ2) is 8.51. The number of carboxylic acid groups (broad SMARTS) is 1. The highest BCUT2D eigenvalue weighted by Crippen LogP contribution is 2.14. The van der Waals surface area contributed by atoms with Crippen molar-refractivity contribution in [1.29, 1.82) is 0 Å². The molecule has 28 heavy (non-hydrogen) atoms. The standard InChI is InChI=1S/C20H20FN3O4/c21-15-5-7-16(8-6-15)22-20(28)23-17-9-10-24(12-17)18(25)11-13-1-3-14(4-2-13)19(26)27/h1-8,17H,9-12H2,(H,26,27)(H2,22,23,28). The Balaban J connectivity index is 1.47. The molecule has 3 rings (SSSR count). The number of amides is 3. The third kappa shape index (κ3) is 5.06. The summed E-state index contributed by atoms with van der Waals surface area (Å²) in [6.45, 7) is 0.941. The van der Waals surface area contributed by atoms with Gasteiger partial charge in [0, 0.05) is 24.8 Å². The van der Waals surface area contributed by atoms with Gasteiger partial charge in [-0.25, -0.2) is 14.0 Å². The maximum atomic E-state index is 12.9. The number of anilines is 1. The van der Waals surface area contributed by atoms with E-state index in [0.29, 0.717) is 25.2 Å². The average Bonchev–Trinajstić information content (AvgIpc) is 3.12. The van der Waals surface area contributed by atoms with E-state index in [0.717, 1.165) is 5.56 Å². The number of halogens is 1. The summed E-state index contributed by atoms with van der Waals surface area (Å²) in [6, 6.07) is 11.1. The molecule has 0 radical (unpaired) electrons. The second-order valence-corrected chi connectivity index (χ2v) is 6.61. The number of hydrogen-bond donors (Lipinski definition) is 3. The molecule has 2 aromatic rings. The van der Waals surface area contributed by atoms with Crippen LogP contribution in [0.1, 0.15) is 22.3 Å². The molecule has 0 saturated carbocycles. The van der Waals surface area contributed by atoms with Gasteiger partial charge in [0.05, 0.1) is 12.0 Å². The molecule has 1 saturated heterocycles. The van der Waals surface area contributed by atoms with Gasteiger partial charge in [-0.2, -0.15) is 0 Å². The van der Waals surface area contributed by atoms with Crippen molar-refractivity contribution >= 4 is 23.6 Å². The number of nitrogens with one attached hydrogen (secondary N) is 2. The van der Waals surface area contributed by atoms with Gasteiger partial charge < -0.3 is 20.6 Å². The van der Waals surface area contributed by atoms with Gasteiger partial charge in [-0.05, 0) is 48.4 Å². The first kappa shape index (κ1) is 19.3.